The third kappa shape index (κ3) is 4.62. The van der Waals surface area contributed by atoms with Gasteiger partial charge >= 0.3 is 0 Å². The van der Waals surface area contributed by atoms with Gasteiger partial charge in [0.25, 0.3) is 5.91 Å². The van der Waals surface area contributed by atoms with Crippen LogP contribution in [0.2, 0.25) is 0 Å². The van der Waals surface area contributed by atoms with E-state index in [-0.39, 0.29) is 11.9 Å². The maximum Gasteiger partial charge on any atom is 0.251 e. The summed E-state index contributed by atoms with van der Waals surface area (Å²) in [6.45, 7) is 2.31. The Hall–Kier alpha value is -2.84. The number of hydrogen-bond acceptors (Lipinski definition) is 4. The molecule has 2 aromatic carbocycles. The monoisotopic (exact) mass is 349 g/mol. The number of nitriles is 1. The molecule has 0 aliphatic carbocycles. The van der Waals surface area contributed by atoms with E-state index in [4.69, 9.17) is 10.00 Å². The summed E-state index contributed by atoms with van der Waals surface area (Å²) in [7, 11) is 2.10. The lowest BCUT2D eigenvalue weighted by atomic mass is 10.0. The number of nitrogens with one attached hydrogen (secondary N) is 1. The van der Waals surface area contributed by atoms with E-state index in [0.29, 0.717) is 23.5 Å². The number of nitrogens with zero attached hydrogens (tertiary/aromatic N) is 2. The molecule has 3 rings (SSSR count). The van der Waals surface area contributed by atoms with Gasteiger partial charge in [0.1, 0.15) is 12.4 Å². The lowest BCUT2D eigenvalue weighted by Crippen LogP contribution is -2.43. The fourth-order valence-electron chi connectivity index (χ4n) is 3.07. The molecule has 2 aromatic rings. The molecule has 5 heteroatoms. The zero-order valence-electron chi connectivity index (χ0n) is 14.9. The van der Waals surface area contributed by atoms with Crippen LogP contribution in [-0.4, -0.2) is 37.0 Å². The summed E-state index contributed by atoms with van der Waals surface area (Å²) in [5, 5.41) is 12.3. The average Bonchev–Trinajstić information content (AvgIpc) is 2.68. The van der Waals surface area contributed by atoms with E-state index in [9.17, 15) is 4.79 Å². The Morgan fingerprint density at radius 1 is 1.23 bits per heavy atom. The standard InChI is InChI=1S/C21H23N3O2/c1-24-11-9-19(10-12-24)23-21(25)16-7-4-8-20(13-16)26-15-18-6-3-2-5-17(18)14-22/h2-8,13,19H,9-12,15H2,1H3,(H,23,25). The van der Waals surface area contributed by atoms with Crippen molar-refractivity contribution in [2.24, 2.45) is 0 Å². The summed E-state index contributed by atoms with van der Waals surface area (Å²) in [6, 6.07) is 16.9. The van der Waals surface area contributed by atoms with Crippen molar-refractivity contribution in [3.63, 3.8) is 0 Å². The number of ether oxygens (including phenoxy) is 1. The summed E-state index contributed by atoms with van der Waals surface area (Å²) < 4.78 is 5.79. The Bertz CT molecular complexity index is 805. The van der Waals surface area contributed by atoms with Gasteiger partial charge in [0.2, 0.25) is 0 Å². The van der Waals surface area contributed by atoms with Gasteiger partial charge in [-0.25, -0.2) is 0 Å². The van der Waals surface area contributed by atoms with Crippen LogP contribution in [0.3, 0.4) is 0 Å². The van der Waals surface area contributed by atoms with Crippen molar-refractivity contribution >= 4 is 5.91 Å². The quantitative estimate of drug-likeness (QED) is 0.901. The zero-order chi connectivity index (χ0) is 18.4. The molecular formula is C21H23N3O2. The van der Waals surface area contributed by atoms with E-state index >= 15 is 0 Å². The van der Waals surface area contributed by atoms with Crippen molar-refractivity contribution in [1.29, 1.82) is 5.26 Å². The second-order valence-corrected chi connectivity index (χ2v) is 6.64. The highest BCUT2D eigenvalue weighted by molar-refractivity contribution is 5.94. The van der Waals surface area contributed by atoms with Crippen LogP contribution in [0, 0.1) is 11.3 Å². The summed E-state index contributed by atoms with van der Waals surface area (Å²) >= 11 is 0. The molecule has 5 nitrogen and oxygen atoms in total. The van der Waals surface area contributed by atoms with Gasteiger partial charge in [-0.2, -0.15) is 5.26 Å². The molecule has 1 saturated heterocycles. The highest BCUT2D eigenvalue weighted by Gasteiger charge is 2.19. The molecule has 1 heterocycles. The van der Waals surface area contributed by atoms with E-state index in [2.05, 4.69) is 23.3 Å². The van der Waals surface area contributed by atoms with Gasteiger partial charge in [0.15, 0.2) is 0 Å². The normalized spacial score (nSPS) is 15.2. The largest absolute Gasteiger partial charge is 0.489 e. The van der Waals surface area contributed by atoms with Crippen molar-refractivity contribution in [3.05, 3.63) is 65.2 Å². The summed E-state index contributed by atoms with van der Waals surface area (Å²) in [5.41, 5.74) is 2.02. The lowest BCUT2D eigenvalue weighted by Gasteiger charge is -2.29. The van der Waals surface area contributed by atoms with E-state index < -0.39 is 0 Å². The third-order valence-electron chi connectivity index (χ3n) is 4.68. The fraction of sp³-hybridized carbons (Fsp3) is 0.333. The van der Waals surface area contributed by atoms with E-state index in [1.807, 2.05) is 30.3 Å². The summed E-state index contributed by atoms with van der Waals surface area (Å²) in [6.07, 6.45) is 1.95. The van der Waals surface area contributed by atoms with Gasteiger partial charge in [-0.3, -0.25) is 4.79 Å². The van der Waals surface area contributed by atoms with Crippen LogP contribution >= 0.6 is 0 Å². The molecule has 1 N–H and O–H groups in total. The predicted molar refractivity (Wildman–Crippen MR) is 99.9 cm³/mol. The minimum atomic E-state index is -0.0672. The summed E-state index contributed by atoms with van der Waals surface area (Å²) in [5.74, 6) is 0.552. The minimum absolute atomic E-state index is 0.0672. The number of carbonyl (C=O) groups is 1. The Morgan fingerprint density at radius 3 is 2.77 bits per heavy atom. The van der Waals surface area contributed by atoms with Crippen molar-refractivity contribution in [2.75, 3.05) is 20.1 Å². The topological polar surface area (TPSA) is 65.4 Å². The van der Waals surface area contributed by atoms with Crippen LogP contribution in [0.15, 0.2) is 48.5 Å². The highest BCUT2D eigenvalue weighted by atomic mass is 16.5. The van der Waals surface area contributed by atoms with Crippen LogP contribution in [0.25, 0.3) is 0 Å². The van der Waals surface area contributed by atoms with E-state index in [0.717, 1.165) is 31.5 Å². The molecule has 0 aromatic heterocycles. The van der Waals surface area contributed by atoms with Crippen molar-refractivity contribution in [1.82, 2.24) is 10.2 Å². The van der Waals surface area contributed by atoms with Gasteiger partial charge in [-0.05, 0) is 57.2 Å². The number of carbonyl (C=O) groups excluding carboxylic acids is 1. The van der Waals surface area contributed by atoms with Crippen LogP contribution in [0.4, 0.5) is 0 Å². The molecule has 0 bridgehead atoms. The molecule has 0 spiro atoms. The van der Waals surface area contributed by atoms with Crippen LogP contribution in [0.1, 0.15) is 34.3 Å². The van der Waals surface area contributed by atoms with Gasteiger partial charge in [0, 0.05) is 17.2 Å². The van der Waals surface area contributed by atoms with Crippen LogP contribution < -0.4 is 10.1 Å². The molecule has 1 aliphatic heterocycles. The predicted octanol–water partition coefficient (Wildman–Crippen LogP) is 2.96. The first kappa shape index (κ1) is 18.0. The van der Waals surface area contributed by atoms with Crippen LogP contribution in [-0.2, 0) is 6.61 Å². The van der Waals surface area contributed by atoms with Gasteiger partial charge in [-0.1, -0.05) is 24.3 Å². The van der Waals surface area contributed by atoms with E-state index in [1.165, 1.54) is 0 Å². The Morgan fingerprint density at radius 2 is 2.00 bits per heavy atom. The first-order valence-electron chi connectivity index (χ1n) is 8.86. The SMILES string of the molecule is CN1CCC(NC(=O)c2cccc(OCc3ccccc3C#N)c2)CC1. The molecule has 0 radical (unpaired) electrons. The number of likely N-dealkylation sites (tertiary alicyclic amines) is 1. The van der Waals surface area contributed by atoms with Gasteiger partial charge < -0.3 is 15.0 Å². The third-order valence-corrected chi connectivity index (χ3v) is 4.68. The maximum absolute atomic E-state index is 12.5. The Labute approximate surface area is 154 Å². The maximum atomic E-state index is 12.5. The molecule has 1 fully saturated rings. The van der Waals surface area contributed by atoms with Crippen molar-refractivity contribution in [3.8, 4) is 11.8 Å². The van der Waals surface area contributed by atoms with E-state index in [1.54, 1.807) is 18.2 Å². The number of benzene rings is 2. The fourth-order valence-corrected chi connectivity index (χ4v) is 3.07. The van der Waals surface area contributed by atoms with Gasteiger partial charge in [-0.15, -0.1) is 0 Å². The Kier molecular flexibility index (Phi) is 5.88. The van der Waals surface area contributed by atoms with Crippen molar-refractivity contribution in [2.45, 2.75) is 25.5 Å². The number of rotatable bonds is 5. The highest BCUT2D eigenvalue weighted by Crippen LogP contribution is 2.17. The molecule has 134 valence electrons. The molecule has 0 atom stereocenters. The molecule has 1 aliphatic rings. The average molecular weight is 349 g/mol. The smallest absolute Gasteiger partial charge is 0.251 e. The molecule has 0 saturated carbocycles. The first-order chi connectivity index (χ1) is 12.7. The molecular weight excluding hydrogens is 326 g/mol. The number of piperidine rings is 1. The van der Waals surface area contributed by atoms with Gasteiger partial charge in [0.05, 0.1) is 11.6 Å². The zero-order valence-corrected chi connectivity index (χ0v) is 14.9. The second kappa shape index (κ2) is 8.50. The first-order valence-corrected chi connectivity index (χ1v) is 8.86. The molecule has 0 unspecified atom stereocenters. The second-order valence-electron chi connectivity index (χ2n) is 6.64. The number of hydrogen-bond donors (Lipinski definition) is 1. The van der Waals surface area contributed by atoms with Crippen molar-refractivity contribution < 1.29 is 9.53 Å². The Balaban J connectivity index is 1.61. The number of amides is 1. The lowest BCUT2D eigenvalue weighted by molar-refractivity contribution is 0.0916. The molecule has 26 heavy (non-hydrogen) atoms. The summed E-state index contributed by atoms with van der Waals surface area (Å²) in [4.78, 5) is 14.8. The minimum Gasteiger partial charge on any atom is -0.489 e. The van der Waals surface area contributed by atoms with Crippen LogP contribution in [0.5, 0.6) is 5.75 Å². The molecule has 1 amide bonds.